The van der Waals surface area contributed by atoms with E-state index in [2.05, 4.69) is 10.0 Å². The Morgan fingerprint density at radius 3 is 2.42 bits per heavy atom. The Kier molecular flexibility index (Phi) is 6.26. The molecule has 0 aliphatic rings. The highest BCUT2D eigenvalue weighted by molar-refractivity contribution is 7.92. The molecule has 0 atom stereocenters. The van der Waals surface area contributed by atoms with Gasteiger partial charge in [-0.1, -0.05) is 19.1 Å². The van der Waals surface area contributed by atoms with Crippen molar-refractivity contribution < 1.29 is 17.9 Å². The molecule has 0 aromatic heterocycles. The molecule has 26 heavy (non-hydrogen) atoms. The van der Waals surface area contributed by atoms with E-state index in [4.69, 9.17) is 4.74 Å². The molecule has 0 aliphatic heterocycles. The Hall–Kier alpha value is -2.54. The van der Waals surface area contributed by atoms with Crippen LogP contribution in [-0.2, 0) is 14.8 Å². The van der Waals surface area contributed by atoms with Gasteiger partial charge in [0, 0.05) is 6.42 Å². The van der Waals surface area contributed by atoms with Crippen molar-refractivity contribution in [2.75, 3.05) is 16.6 Å². The van der Waals surface area contributed by atoms with Gasteiger partial charge in [-0.2, -0.15) is 0 Å². The van der Waals surface area contributed by atoms with Crippen molar-refractivity contribution in [2.24, 2.45) is 0 Å². The number of benzene rings is 2. The molecule has 0 aliphatic carbocycles. The zero-order chi connectivity index (χ0) is 19.3. The Labute approximate surface area is 154 Å². The predicted molar refractivity (Wildman–Crippen MR) is 103 cm³/mol. The second-order valence-corrected chi connectivity index (χ2v) is 7.60. The summed E-state index contributed by atoms with van der Waals surface area (Å²) in [5.41, 5.74) is 2.64. The van der Waals surface area contributed by atoms with Crippen molar-refractivity contribution in [3.05, 3.63) is 47.5 Å². The molecule has 0 heterocycles. The minimum absolute atomic E-state index is 0.0493. The number of nitrogens with one attached hydrogen (secondary N) is 2. The van der Waals surface area contributed by atoms with E-state index < -0.39 is 10.0 Å². The number of rotatable bonds is 7. The van der Waals surface area contributed by atoms with Crippen LogP contribution in [0.5, 0.6) is 5.75 Å². The summed E-state index contributed by atoms with van der Waals surface area (Å²) in [6.07, 6.45) is 0.281. The van der Waals surface area contributed by atoms with Crippen LogP contribution in [-0.4, -0.2) is 20.9 Å². The van der Waals surface area contributed by atoms with Gasteiger partial charge in [0.25, 0.3) is 10.0 Å². The SMILES string of the molecule is CCOc1ccc(S(=O)(=O)Nc2cc(C)ccc2C)cc1NC(=O)CC. The minimum Gasteiger partial charge on any atom is -0.492 e. The summed E-state index contributed by atoms with van der Waals surface area (Å²) < 4.78 is 33.6. The fraction of sp³-hybridized carbons (Fsp3) is 0.316. The number of aryl methyl sites for hydroxylation is 2. The third-order valence-corrected chi connectivity index (χ3v) is 5.16. The van der Waals surface area contributed by atoms with Crippen molar-refractivity contribution >= 4 is 27.3 Å². The lowest BCUT2D eigenvalue weighted by atomic mass is 10.1. The Balaban J connectivity index is 2.40. The Morgan fingerprint density at radius 2 is 1.77 bits per heavy atom. The zero-order valence-corrected chi connectivity index (χ0v) is 16.2. The molecular weight excluding hydrogens is 352 g/mol. The fourth-order valence-corrected chi connectivity index (χ4v) is 3.49. The maximum Gasteiger partial charge on any atom is 0.261 e. The van der Waals surface area contributed by atoms with Gasteiger partial charge in [0.15, 0.2) is 0 Å². The first-order chi connectivity index (χ1) is 12.3. The van der Waals surface area contributed by atoms with Crippen LogP contribution in [0.3, 0.4) is 0 Å². The minimum atomic E-state index is -3.81. The highest BCUT2D eigenvalue weighted by Crippen LogP contribution is 2.29. The molecule has 140 valence electrons. The Bertz CT molecular complexity index is 908. The van der Waals surface area contributed by atoms with Crippen LogP contribution in [0.4, 0.5) is 11.4 Å². The molecule has 2 N–H and O–H groups in total. The first-order valence-electron chi connectivity index (χ1n) is 8.43. The van der Waals surface area contributed by atoms with Crippen molar-refractivity contribution in [1.82, 2.24) is 0 Å². The standard InChI is InChI=1S/C19H24N2O4S/c1-5-19(22)20-17-12-15(9-10-18(17)25-6-2)26(23,24)21-16-11-13(3)7-8-14(16)4/h7-12,21H,5-6H2,1-4H3,(H,20,22). The summed E-state index contributed by atoms with van der Waals surface area (Å²) in [6, 6.07) is 9.97. The maximum atomic E-state index is 12.8. The quantitative estimate of drug-likeness (QED) is 0.769. The zero-order valence-electron chi connectivity index (χ0n) is 15.4. The van der Waals surface area contributed by atoms with Gasteiger partial charge in [0.2, 0.25) is 5.91 Å². The van der Waals surface area contributed by atoms with Crippen molar-refractivity contribution in [1.29, 1.82) is 0 Å². The third kappa shape index (κ3) is 4.76. The first kappa shape index (κ1) is 19.8. The fourth-order valence-electron chi connectivity index (χ4n) is 2.34. The summed E-state index contributed by atoms with van der Waals surface area (Å²) in [4.78, 5) is 11.8. The molecule has 0 saturated carbocycles. The van der Waals surface area contributed by atoms with Crippen LogP contribution in [0.1, 0.15) is 31.4 Å². The first-order valence-corrected chi connectivity index (χ1v) is 9.92. The smallest absolute Gasteiger partial charge is 0.261 e. The molecule has 2 rings (SSSR count). The lowest BCUT2D eigenvalue weighted by Gasteiger charge is -2.15. The number of carbonyl (C=O) groups excluding carboxylic acids is 1. The van der Waals surface area contributed by atoms with E-state index in [1.54, 1.807) is 19.1 Å². The average Bonchev–Trinajstić information content (AvgIpc) is 2.59. The summed E-state index contributed by atoms with van der Waals surface area (Å²) in [6.45, 7) is 7.67. The van der Waals surface area contributed by atoms with Gasteiger partial charge in [-0.15, -0.1) is 0 Å². The average molecular weight is 376 g/mol. The second-order valence-electron chi connectivity index (χ2n) is 5.92. The van der Waals surface area contributed by atoms with Gasteiger partial charge in [-0.3, -0.25) is 9.52 Å². The van der Waals surface area contributed by atoms with Crippen LogP contribution >= 0.6 is 0 Å². The molecule has 0 spiro atoms. The molecular formula is C19H24N2O4S. The van der Waals surface area contributed by atoms with E-state index in [0.717, 1.165) is 11.1 Å². The summed E-state index contributed by atoms with van der Waals surface area (Å²) in [7, 11) is -3.81. The van der Waals surface area contributed by atoms with Crippen LogP contribution in [0, 0.1) is 13.8 Å². The number of carbonyl (C=O) groups is 1. The number of hydrogen-bond donors (Lipinski definition) is 2. The molecule has 0 unspecified atom stereocenters. The number of anilines is 2. The molecule has 2 aromatic carbocycles. The van der Waals surface area contributed by atoms with Crippen molar-refractivity contribution in [2.45, 2.75) is 39.0 Å². The lowest BCUT2D eigenvalue weighted by molar-refractivity contribution is -0.115. The molecule has 0 bridgehead atoms. The van der Waals surface area contributed by atoms with Gasteiger partial charge in [0.05, 0.1) is 22.9 Å². The molecule has 0 fully saturated rings. The van der Waals surface area contributed by atoms with Crippen LogP contribution in [0.15, 0.2) is 41.3 Å². The third-order valence-electron chi connectivity index (χ3n) is 3.79. The second kappa shape index (κ2) is 8.23. The molecule has 6 nitrogen and oxygen atoms in total. The van der Waals surface area contributed by atoms with Gasteiger partial charge >= 0.3 is 0 Å². The molecule has 2 aromatic rings. The van der Waals surface area contributed by atoms with Crippen molar-refractivity contribution in [3.63, 3.8) is 0 Å². The summed E-state index contributed by atoms with van der Waals surface area (Å²) in [5, 5.41) is 2.69. The normalized spacial score (nSPS) is 11.1. The van der Waals surface area contributed by atoms with E-state index in [1.807, 2.05) is 32.9 Å². The molecule has 0 radical (unpaired) electrons. The largest absolute Gasteiger partial charge is 0.492 e. The predicted octanol–water partition coefficient (Wildman–Crippen LogP) is 3.85. The van der Waals surface area contributed by atoms with Gasteiger partial charge in [-0.05, 0) is 56.2 Å². The van der Waals surface area contributed by atoms with E-state index in [0.29, 0.717) is 23.7 Å². The van der Waals surface area contributed by atoms with Gasteiger partial charge in [-0.25, -0.2) is 8.42 Å². The molecule has 7 heteroatoms. The highest BCUT2D eigenvalue weighted by Gasteiger charge is 2.18. The molecule has 0 saturated heterocycles. The van der Waals surface area contributed by atoms with E-state index in [1.165, 1.54) is 12.1 Å². The van der Waals surface area contributed by atoms with E-state index in [9.17, 15) is 13.2 Å². The van der Waals surface area contributed by atoms with E-state index in [-0.39, 0.29) is 17.2 Å². The lowest BCUT2D eigenvalue weighted by Crippen LogP contribution is -2.16. The summed E-state index contributed by atoms with van der Waals surface area (Å²) >= 11 is 0. The van der Waals surface area contributed by atoms with E-state index >= 15 is 0 Å². The number of hydrogen-bond acceptors (Lipinski definition) is 4. The maximum absolute atomic E-state index is 12.8. The van der Waals surface area contributed by atoms with Gasteiger partial charge < -0.3 is 10.1 Å². The number of amides is 1. The van der Waals surface area contributed by atoms with Crippen LogP contribution < -0.4 is 14.8 Å². The number of sulfonamides is 1. The number of ether oxygens (including phenoxy) is 1. The van der Waals surface area contributed by atoms with Crippen molar-refractivity contribution in [3.8, 4) is 5.75 Å². The van der Waals surface area contributed by atoms with Crippen LogP contribution in [0.25, 0.3) is 0 Å². The topological polar surface area (TPSA) is 84.5 Å². The van der Waals surface area contributed by atoms with Crippen LogP contribution in [0.2, 0.25) is 0 Å². The molecule has 1 amide bonds. The summed E-state index contributed by atoms with van der Waals surface area (Å²) in [5.74, 6) is 0.211. The monoisotopic (exact) mass is 376 g/mol. The van der Waals surface area contributed by atoms with Gasteiger partial charge in [0.1, 0.15) is 5.75 Å². The highest BCUT2D eigenvalue weighted by atomic mass is 32.2. The Morgan fingerprint density at radius 1 is 1.04 bits per heavy atom.